The summed E-state index contributed by atoms with van der Waals surface area (Å²) >= 11 is 5.85. The van der Waals surface area contributed by atoms with Crippen LogP contribution in [0.1, 0.15) is 19.4 Å². The molecule has 81 valence electrons. The van der Waals surface area contributed by atoms with Crippen molar-refractivity contribution in [3.8, 4) is 5.75 Å². The summed E-state index contributed by atoms with van der Waals surface area (Å²) in [5.41, 5.74) is 0.765. The minimum absolute atomic E-state index is 0.0557. The summed E-state index contributed by atoms with van der Waals surface area (Å²) in [5.74, 6) is 0.758. The molecule has 0 fully saturated rings. The van der Waals surface area contributed by atoms with Crippen LogP contribution in [0.5, 0.6) is 5.75 Å². The van der Waals surface area contributed by atoms with E-state index in [0.717, 1.165) is 11.5 Å². The Hall–Kier alpha value is -1.06. The molecule has 1 N–H and O–H groups in total. The summed E-state index contributed by atoms with van der Waals surface area (Å²) in [7, 11) is 0. The fourth-order valence-corrected chi connectivity index (χ4v) is 1.35. The van der Waals surface area contributed by atoms with E-state index in [1.54, 1.807) is 25.1 Å². The van der Waals surface area contributed by atoms with Gasteiger partial charge in [-0.3, -0.25) is 4.79 Å². The van der Waals surface area contributed by atoms with E-state index in [0.29, 0.717) is 10.8 Å². The van der Waals surface area contributed by atoms with Gasteiger partial charge in [0.25, 0.3) is 0 Å². The van der Waals surface area contributed by atoms with Gasteiger partial charge in [-0.2, -0.15) is 0 Å². The van der Waals surface area contributed by atoms with Crippen LogP contribution >= 0.6 is 11.6 Å². The van der Waals surface area contributed by atoms with Gasteiger partial charge in [-0.05, 0) is 23.8 Å². The van der Waals surface area contributed by atoms with Crippen LogP contribution in [-0.4, -0.2) is 17.7 Å². The Morgan fingerprint density at radius 3 is 2.60 bits per heavy atom. The molecule has 1 radical (unpaired) electrons. The Morgan fingerprint density at radius 1 is 1.40 bits per heavy atom. The second-order valence-corrected chi connectivity index (χ2v) is 3.64. The molecular formula is C11H12ClO3. The highest BCUT2D eigenvalue weighted by Gasteiger charge is 2.09. The topological polar surface area (TPSA) is 46.5 Å². The van der Waals surface area contributed by atoms with Crippen molar-refractivity contribution in [3.05, 3.63) is 34.7 Å². The predicted octanol–water partition coefficient (Wildman–Crippen LogP) is 2.20. The maximum atomic E-state index is 10.8. The van der Waals surface area contributed by atoms with Crippen LogP contribution in [0, 0.1) is 5.92 Å². The summed E-state index contributed by atoms with van der Waals surface area (Å²) in [5, 5.41) is 9.43. The quantitative estimate of drug-likeness (QED) is 0.636. The Labute approximate surface area is 93.6 Å². The molecule has 0 amide bonds. The second-order valence-electron chi connectivity index (χ2n) is 3.21. The van der Waals surface area contributed by atoms with Crippen LogP contribution in [0.2, 0.25) is 5.02 Å². The van der Waals surface area contributed by atoms with Gasteiger partial charge in [-0.25, -0.2) is 0 Å². The molecule has 0 atom stereocenters. The van der Waals surface area contributed by atoms with Crippen LogP contribution in [0.3, 0.4) is 0 Å². The average Bonchev–Trinajstić information content (AvgIpc) is 2.14. The number of rotatable bonds is 3. The lowest BCUT2D eigenvalue weighted by molar-refractivity contribution is -0.131. The number of benzene rings is 1. The first-order valence-corrected chi connectivity index (χ1v) is 4.83. The second kappa shape index (κ2) is 5.14. The van der Waals surface area contributed by atoms with Gasteiger partial charge >= 0.3 is 5.97 Å². The summed E-state index contributed by atoms with van der Waals surface area (Å²) in [6.45, 7) is 3.05. The van der Waals surface area contributed by atoms with E-state index in [1.165, 1.54) is 6.92 Å². The van der Waals surface area contributed by atoms with Crippen molar-refractivity contribution in [2.75, 3.05) is 6.61 Å². The number of esters is 1. The van der Waals surface area contributed by atoms with E-state index in [2.05, 4.69) is 0 Å². The summed E-state index contributed by atoms with van der Waals surface area (Å²) in [4.78, 5) is 10.8. The largest absolute Gasteiger partial charge is 0.427 e. The fraction of sp³-hybridized carbons (Fsp3) is 0.273. The maximum Gasteiger partial charge on any atom is 0.308 e. The Balaban J connectivity index is 2.99. The van der Waals surface area contributed by atoms with Crippen molar-refractivity contribution < 1.29 is 14.6 Å². The normalized spacial score (nSPS) is 10.5. The number of hydrogen-bond donors (Lipinski definition) is 1. The molecule has 0 heterocycles. The lowest BCUT2D eigenvalue weighted by Gasteiger charge is -2.10. The van der Waals surface area contributed by atoms with Crippen LogP contribution < -0.4 is 4.74 Å². The number of aliphatic hydroxyl groups excluding tert-OH is 1. The van der Waals surface area contributed by atoms with Crippen LogP contribution in [0.4, 0.5) is 0 Å². The van der Waals surface area contributed by atoms with Gasteiger partial charge in [-0.15, -0.1) is 0 Å². The first kappa shape index (κ1) is 12.0. The van der Waals surface area contributed by atoms with Gasteiger partial charge in [-0.1, -0.05) is 18.5 Å². The average molecular weight is 228 g/mol. The zero-order chi connectivity index (χ0) is 11.4. The van der Waals surface area contributed by atoms with Crippen LogP contribution in [0.15, 0.2) is 18.2 Å². The third-order valence-corrected chi connectivity index (χ3v) is 2.08. The highest BCUT2D eigenvalue weighted by molar-refractivity contribution is 6.30. The Kier molecular flexibility index (Phi) is 4.12. The van der Waals surface area contributed by atoms with Crippen molar-refractivity contribution in [2.45, 2.75) is 13.8 Å². The summed E-state index contributed by atoms with van der Waals surface area (Å²) < 4.78 is 4.91. The summed E-state index contributed by atoms with van der Waals surface area (Å²) in [6, 6.07) is 4.93. The molecule has 0 saturated carbocycles. The molecule has 1 aromatic carbocycles. The summed E-state index contributed by atoms with van der Waals surface area (Å²) in [6.07, 6.45) is 0. The van der Waals surface area contributed by atoms with Crippen LogP contribution in [0.25, 0.3) is 0 Å². The lowest BCUT2D eigenvalue weighted by Crippen LogP contribution is -2.04. The first-order valence-electron chi connectivity index (χ1n) is 4.45. The van der Waals surface area contributed by atoms with E-state index in [-0.39, 0.29) is 6.61 Å². The van der Waals surface area contributed by atoms with Crippen molar-refractivity contribution in [2.24, 2.45) is 0 Å². The van der Waals surface area contributed by atoms with Crippen molar-refractivity contribution in [3.63, 3.8) is 0 Å². The molecule has 0 aliphatic heterocycles. The molecule has 3 nitrogen and oxygen atoms in total. The van der Waals surface area contributed by atoms with Gasteiger partial charge in [0.1, 0.15) is 5.75 Å². The van der Waals surface area contributed by atoms with E-state index >= 15 is 0 Å². The molecule has 0 bridgehead atoms. The minimum atomic E-state index is -0.398. The monoisotopic (exact) mass is 227 g/mol. The predicted molar refractivity (Wildman–Crippen MR) is 57.9 cm³/mol. The number of aliphatic hydroxyl groups is 1. The number of ether oxygens (including phenoxy) is 1. The number of carbonyl (C=O) groups is 1. The molecule has 0 unspecified atom stereocenters. The van der Waals surface area contributed by atoms with Crippen LogP contribution in [-0.2, 0) is 4.79 Å². The van der Waals surface area contributed by atoms with E-state index in [1.807, 2.05) is 0 Å². The first-order chi connectivity index (χ1) is 7.02. The zero-order valence-electron chi connectivity index (χ0n) is 8.58. The number of halogens is 1. The molecule has 1 rings (SSSR count). The molecule has 1 aromatic rings. The molecule has 0 spiro atoms. The third-order valence-electron chi connectivity index (χ3n) is 1.86. The van der Waals surface area contributed by atoms with Crippen molar-refractivity contribution in [1.29, 1.82) is 0 Å². The molecule has 0 saturated heterocycles. The van der Waals surface area contributed by atoms with Crippen molar-refractivity contribution >= 4 is 17.6 Å². The highest BCUT2D eigenvalue weighted by Crippen LogP contribution is 2.25. The molecular weight excluding hydrogens is 216 g/mol. The third kappa shape index (κ3) is 3.53. The molecule has 15 heavy (non-hydrogen) atoms. The van der Waals surface area contributed by atoms with Gasteiger partial charge in [0, 0.05) is 17.9 Å². The van der Waals surface area contributed by atoms with E-state index in [4.69, 9.17) is 21.4 Å². The number of hydrogen-bond acceptors (Lipinski definition) is 3. The van der Waals surface area contributed by atoms with E-state index < -0.39 is 5.97 Å². The Bertz CT molecular complexity index is 363. The fourth-order valence-electron chi connectivity index (χ4n) is 1.13. The molecule has 4 heteroatoms. The lowest BCUT2D eigenvalue weighted by atomic mass is 10.0. The molecule has 0 aliphatic carbocycles. The van der Waals surface area contributed by atoms with Gasteiger partial charge in [0.2, 0.25) is 0 Å². The van der Waals surface area contributed by atoms with Crippen molar-refractivity contribution in [1.82, 2.24) is 0 Å². The SMILES string of the molecule is C[C](CO)c1cc(Cl)cc(OC(C)=O)c1. The maximum absolute atomic E-state index is 10.8. The molecule has 0 aromatic heterocycles. The van der Waals surface area contributed by atoms with Gasteiger partial charge < -0.3 is 9.84 Å². The molecule has 0 aliphatic rings. The number of carbonyl (C=O) groups excluding carboxylic acids is 1. The van der Waals surface area contributed by atoms with Gasteiger partial charge in [0.05, 0.1) is 6.61 Å². The smallest absolute Gasteiger partial charge is 0.308 e. The van der Waals surface area contributed by atoms with Gasteiger partial charge in [0.15, 0.2) is 0 Å². The Morgan fingerprint density at radius 2 is 2.07 bits per heavy atom. The standard InChI is InChI=1S/C11H12ClO3/c1-7(6-13)9-3-10(12)5-11(4-9)15-8(2)14/h3-5,13H,6H2,1-2H3. The minimum Gasteiger partial charge on any atom is -0.427 e. The zero-order valence-corrected chi connectivity index (χ0v) is 9.34. The van der Waals surface area contributed by atoms with E-state index in [9.17, 15) is 4.79 Å². The highest BCUT2D eigenvalue weighted by atomic mass is 35.5.